The molecule has 0 rings (SSSR count). The molecular formula is C5H13N3O3S. The van der Waals surface area contributed by atoms with E-state index in [4.69, 9.17) is 5.73 Å². The molecule has 0 bridgehead atoms. The molecule has 0 aliphatic rings. The Morgan fingerprint density at radius 1 is 1.50 bits per heavy atom. The molecule has 0 aliphatic carbocycles. The molecule has 4 N–H and O–H groups in total. The molecule has 0 aromatic heterocycles. The Bertz CT molecular complexity index is 247. The molecule has 72 valence electrons. The number of carbonyl (C=O) groups is 1. The number of nitrogens with two attached hydrogens (primary N) is 1. The van der Waals surface area contributed by atoms with Crippen LogP contribution in [0.1, 0.15) is 13.8 Å². The van der Waals surface area contributed by atoms with Crippen molar-refractivity contribution in [2.45, 2.75) is 19.9 Å². The van der Waals surface area contributed by atoms with Crippen LogP contribution < -0.4 is 15.2 Å². The maximum Gasteiger partial charge on any atom is 0.277 e. The van der Waals surface area contributed by atoms with Gasteiger partial charge in [-0.2, -0.15) is 17.9 Å². The molecular weight excluding hydrogens is 182 g/mol. The van der Waals surface area contributed by atoms with Crippen molar-refractivity contribution < 1.29 is 13.2 Å². The molecule has 0 unspecified atom stereocenters. The van der Waals surface area contributed by atoms with E-state index >= 15 is 0 Å². The van der Waals surface area contributed by atoms with Gasteiger partial charge in [0.25, 0.3) is 10.2 Å². The summed E-state index contributed by atoms with van der Waals surface area (Å²) in [5.41, 5.74) is 4.74. The van der Waals surface area contributed by atoms with E-state index in [2.05, 4.69) is 4.72 Å². The van der Waals surface area contributed by atoms with Gasteiger partial charge < -0.3 is 5.73 Å². The third kappa shape index (κ3) is 6.08. The quantitative estimate of drug-likeness (QED) is 0.487. The largest absolute Gasteiger partial charge is 0.369 e. The number of hydrogen-bond donors (Lipinski definition) is 3. The van der Waals surface area contributed by atoms with Crippen LogP contribution in [0.15, 0.2) is 0 Å². The van der Waals surface area contributed by atoms with E-state index in [1.807, 2.05) is 4.72 Å². The summed E-state index contributed by atoms with van der Waals surface area (Å²) in [4.78, 5) is 10.2. The minimum Gasteiger partial charge on any atom is -0.369 e. The summed E-state index contributed by atoms with van der Waals surface area (Å²) in [5.74, 6) is -0.718. The minimum atomic E-state index is -3.58. The van der Waals surface area contributed by atoms with Gasteiger partial charge in [-0.3, -0.25) is 4.79 Å². The van der Waals surface area contributed by atoms with Crippen molar-refractivity contribution in [3.63, 3.8) is 0 Å². The van der Waals surface area contributed by atoms with Crippen LogP contribution in [0, 0.1) is 0 Å². The Kier molecular flexibility index (Phi) is 4.15. The van der Waals surface area contributed by atoms with Crippen molar-refractivity contribution in [3.8, 4) is 0 Å². The molecule has 0 saturated heterocycles. The molecule has 0 spiro atoms. The Labute approximate surface area is 71.7 Å². The lowest BCUT2D eigenvalue weighted by Crippen LogP contribution is -2.43. The first-order valence-electron chi connectivity index (χ1n) is 3.38. The molecule has 0 fully saturated rings. The normalized spacial score (nSPS) is 11.9. The van der Waals surface area contributed by atoms with Gasteiger partial charge in [-0.15, -0.1) is 0 Å². The van der Waals surface area contributed by atoms with E-state index in [1.165, 1.54) is 0 Å². The maximum absolute atomic E-state index is 10.9. The number of primary amides is 1. The fourth-order valence-corrected chi connectivity index (χ4v) is 1.55. The van der Waals surface area contributed by atoms with E-state index in [-0.39, 0.29) is 12.6 Å². The highest BCUT2D eigenvalue weighted by atomic mass is 32.2. The summed E-state index contributed by atoms with van der Waals surface area (Å²) < 4.78 is 26.0. The average Bonchev–Trinajstić information content (AvgIpc) is 1.81. The Morgan fingerprint density at radius 3 is 2.33 bits per heavy atom. The fourth-order valence-electron chi connectivity index (χ4n) is 0.518. The van der Waals surface area contributed by atoms with Crippen molar-refractivity contribution in [1.29, 1.82) is 0 Å². The van der Waals surface area contributed by atoms with Crippen molar-refractivity contribution >= 4 is 16.1 Å². The predicted molar refractivity (Wildman–Crippen MR) is 44.4 cm³/mol. The number of carbonyl (C=O) groups excluding carboxylic acids is 1. The summed E-state index contributed by atoms with van der Waals surface area (Å²) in [7, 11) is -3.58. The summed E-state index contributed by atoms with van der Waals surface area (Å²) in [6.45, 7) is 2.95. The van der Waals surface area contributed by atoms with Gasteiger partial charge in [-0.25, -0.2) is 0 Å². The summed E-state index contributed by atoms with van der Waals surface area (Å²) in [6, 6.07) is -0.213. The van der Waals surface area contributed by atoms with Gasteiger partial charge in [0.05, 0.1) is 6.54 Å². The van der Waals surface area contributed by atoms with Crippen molar-refractivity contribution in [2.24, 2.45) is 5.73 Å². The lowest BCUT2D eigenvalue weighted by Gasteiger charge is -2.08. The number of nitrogens with one attached hydrogen (secondary N) is 2. The highest BCUT2D eigenvalue weighted by molar-refractivity contribution is 7.87. The van der Waals surface area contributed by atoms with E-state index in [9.17, 15) is 13.2 Å². The second-order valence-electron chi connectivity index (χ2n) is 2.56. The zero-order valence-corrected chi connectivity index (χ0v) is 7.81. The van der Waals surface area contributed by atoms with Crippen LogP contribution in [-0.4, -0.2) is 26.9 Å². The molecule has 1 amide bonds. The molecule has 7 heteroatoms. The van der Waals surface area contributed by atoms with Crippen LogP contribution >= 0.6 is 0 Å². The topological polar surface area (TPSA) is 101 Å². The highest BCUT2D eigenvalue weighted by Crippen LogP contribution is 1.81. The fraction of sp³-hybridized carbons (Fsp3) is 0.800. The first-order valence-corrected chi connectivity index (χ1v) is 4.87. The van der Waals surface area contributed by atoms with E-state index in [1.54, 1.807) is 13.8 Å². The van der Waals surface area contributed by atoms with Crippen molar-refractivity contribution in [3.05, 3.63) is 0 Å². The molecule has 0 atom stereocenters. The van der Waals surface area contributed by atoms with E-state index in [0.717, 1.165) is 0 Å². The average molecular weight is 195 g/mol. The maximum atomic E-state index is 10.9. The molecule has 6 nitrogen and oxygen atoms in total. The molecule has 0 aliphatic heterocycles. The molecule has 0 saturated carbocycles. The first kappa shape index (κ1) is 11.3. The van der Waals surface area contributed by atoms with E-state index in [0.29, 0.717) is 0 Å². The first-order chi connectivity index (χ1) is 5.33. The predicted octanol–water partition coefficient (Wildman–Crippen LogP) is -1.70. The van der Waals surface area contributed by atoms with Gasteiger partial charge in [0.2, 0.25) is 5.91 Å². The SMILES string of the molecule is CC(C)NS(=O)(=O)NCC(N)=O. The number of rotatable bonds is 5. The second-order valence-corrected chi connectivity index (χ2v) is 4.09. The monoisotopic (exact) mass is 195 g/mol. The third-order valence-corrected chi connectivity index (χ3v) is 2.13. The number of hydrogen-bond acceptors (Lipinski definition) is 3. The van der Waals surface area contributed by atoms with Crippen LogP contribution in [0.3, 0.4) is 0 Å². The van der Waals surface area contributed by atoms with Crippen LogP contribution in [0.5, 0.6) is 0 Å². The zero-order chi connectivity index (χ0) is 9.78. The standard InChI is InChI=1S/C5H13N3O3S/c1-4(2)8-12(10,11)7-3-5(6)9/h4,7-8H,3H2,1-2H3,(H2,6,9). The van der Waals surface area contributed by atoms with Crippen LogP contribution in [0.2, 0.25) is 0 Å². The highest BCUT2D eigenvalue weighted by Gasteiger charge is 2.10. The van der Waals surface area contributed by atoms with Crippen LogP contribution in [-0.2, 0) is 15.0 Å². The zero-order valence-electron chi connectivity index (χ0n) is 6.99. The van der Waals surface area contributed by atoms with Gasteiger partial charge in [0.15, 0.2) is 0 Å². The molecule has 0 aromatic rings. The lowest BCUT2D eigenvalue weighted by molar-refractivity contribution is -0.116. The minimum absolute atomic E-state index is 0.213. The van der Waals surface area contributed by atoms with Crippen molar-refractivity contribution in [1.82, 2.24) is 9.44 Å². The number of amides is 1. The molecule has 12 heavy (non-hydrogen) atoms. The van der Waals surface area contributed by atoms with Crippen LogP contribution in [0.25, 0.3) is 0 Å². The molecule has 0 heterocycles. The van der Waals surface area contributed by atoms with Crippen molar-refractivity contribution in [2.75, 3.05) is 6.54 Å². The molecule has 0 radical (unpaired) electrons. The summed E-state index contributed by atoms with van der Waals surface area (Å²) in [5, 5.41) is 0. The summed E-state index contributed by atoms with van der Waals surface area (Å²) in [6.07, 6.45) is 0. The Hall–Kier alpha value is -0.660. The van der Waals surface area contributed by atoms with Crippen LogP contribution in [0.4, 0.5) is 0 Å². The van der Waals surface area contributed by atoms with Gasteiger partial charge >= 0.3 is 0 Å². The van der Waals surface area contributed by atoms with Gasteiger partial charge in [-0.1, -0.05) is 0 Å². The third-order valence-electron chi connectivity index (χ3n) is 0.827. The smallest absolute Gasteiger partial charge is 0.277 e. The lowest BCUT2D eigenvalue weighted by atomic mass is 10.4. The van der Waals surface area contributed by atoms with Gasteiger partial charge in [0, 0.05) is 6.04 Å². The van der Waals surface area contributed by atoms with Gasteiger partial charge in [0.1, 0.15) is 0 Å². The Morgan fingerprint density at radius 2 is 2.00 bits per heavy atom. The van der Waals surface area contributed by atoms with Gasteiger partial charge in [-0.05, 0) is 13.8 Å². The Balaban J connectivity index is 3.98. The summed E-state index contributed by atoms with van der Waals surface area (Å²) >= 11 is 0. The second kappa shape index (κ2) is 4.39. The molecule has 0 aromatic carbocycles. The van der Waals surface area contributed by atoms with E-state index < -0.39 is 16.1 Å².